The zero-order valence-electron chi connectivity index (χ0n) is 17.1. The molecule has 0 aliphatic heterocycles. The average molecular weight is 414 g/mol. The van der Waals surface area contributed by atoms with Crippen molar-refractivity contribution in [2.45, 2.75) is 6.54 Å². The van der Waals surface area contributed by atoms with E-state index in [-0.39, 0.29) is 24.6 Å². The van der Waals surface area contributed by atoms with Gasteiger partial charge in [0.1, 0.15) is 11.5 Å². The Kier molecular flexibility index (Phi) is 5.98. The summed E-state index contributed by atoms with van der Waals surface area (Å²) in [7, 11) is 1.58. The van der Waals surface area contributed by atoms with Gasteiger partial charge in [-0.1, -0.05) is 36.4 Å². The number of hydrogen-bond donors (Lipinski definition) is 1. The fourth-order valence-electron chi connectivity index (χ4n) is 3.31. The van der Waals surface area contributed by atoms with Gasteiger partial charge in [0.15, 0.2) is 6.61 Å². The lowest BCUT2D eigenvalue weighted by Gasteiger charge is -2.23. The van der Waals surface area contributed by atoms with Crippen molar-refractivity contribution in [1.29, 1.82) is 0 Å². The molecule has 1 N–H and O–H groups in total. The maximum Gasteiger partial charge on any atom is 0.265 e. The first kappa shape index (κ1) is 20.2. The van der Waals surface area contributed by atoms with Crippen LogP contribution in [0.5, 0.6) is 11.5 Å². The van der Waals surface area contributed by atoms with Crippen molar-refractivity contribution in [2.24, 2.45) is 0 Å². The van der Waals surface area contributed by atoms with Crippen LogP contribution in [0.4, 0.5) is 5.69 Å². The van der Waals surface area contributed by atoms with Gasteiger partial charge < -0.3 is 19.4 Å². The molecule has 0 saturated carbocycles. The Bertz CT molecular complexity index is 1230. The van der Waals surface area contributed by atoms with Gasteiger partial charge in [-0.15, -0.1) is 0 Å². The number of nitrogens with zero attached hydrogens (tertiary/aromatic N) is 1. The molecule has 3 aromatic carbocycles. The van der Waals surface area contributed by atoms with Gasteiger partial charge in [-0.2, -0.15) is 0 Å². The number of nitrogens with one attached hydrogen (secondary N) is 1. The number of rotatable bonds is 7. The minimum Gasteiger partial charge on any atom is -0.497 e. The summed E-state index contributed by atoms with van der Waals surface area (Å²) in [6, 6.07) is 25.6. The maximum absolute atomic E-state index is 13.1. The number of pyridine rings is 1. The van der Waals surface area contributed by atoms with Gasteiger partial charge in [0.05, 0.1) is 13.7 Å². The molecule has 1 amide bonds. The molecule has 156 valence electrons. The number of aromatic nitrogens is 1. The number of hydrogen-bond acceptors (Lipinski definition) is 4. The second-order valence-electron chi connectivity index (χ2n) is 6.99. The molecule has 1 aromatic heterocycles. The Hall–Kier alpha value is -4.06. The summed E-state index contributed by atoms with van der Waals surface area (Å²) in [6.45, 7) is -0.0367. The van der Waals surface area contributed by atoms with E-state index >= 15 is 0 Å². The lowest BCUT2D eigenvalue weighted by Crippen LogP contribution is -2.36. The highest BCUT2D eigenvalue weighted by Gasteiger charge is 2.19. The van der Waals surface area contributed by atoms with Crippen LogP contribution in [0.2, 0.25) is 0 Å². The van der Waals surface area contributed by atoms with Crippen molar-refractivity contribution in [3.8, 4) is 11.5 Å². The van der Waals surface area contributed by atoms with E-state index < -0.39 is 0 Å². The number of carbonyl (C=O) groups excluding carboxylic acids is 1. The van der Waals surface area contributed by atoms with Gasteiger partial charge in [0, 0.05) is 16.8 Å². The summed E-state index contributed by atoms with van der Waals surface area (Å²) in [4.78, 5) is 30.2. The third-order valence-electron chi connectivity index (χ3n) is 4.95. The summed E-state index contributed by atoms with van der Waals surface area (Å²) in [6.07, 6.45) is 0. The minimum atomic E-state index is -0.262. The highest BCUT2D eigenvalue weighted by molar-refractivity contribution is 5.94. The van der Waals surface area contributed by atoms with Gasteiger partial charge in [-0.25, -0.2) is 0 Å². The van der Waals surface area contributed by atoms with Crippen molar-refractivity contribution in [3.05, 3.63) is 101 Å². The first-order chi connectivity index (χ1) is 15.1. The molecule has 31 heavy (non-hydrogen) atoms. The zero-order chi connectivity index (χ0) is 21.6. The normalized spacial score (nSPS) is 10.6. The number of aromatic amines is 1. The molecule has 4 rings (SSSR count). The topological polar surface area (TPSA) is 71.6 Å². The molecular formula is C25H22N2O4. The Labute approximate surface area is 179 Å². The van der Waals surface area contributed by atoms with Crippen molar-refractivity contribution in [2.75, 3.05) is 18.6 Å². The molecule has 0 aliphatic rings. The van der Waals surface area contributed by atoms with Crippen LogP contribution in [0.15, 0.2) is 89.7 Å². The van der Waals surface area contributed by atoms with Gasteiger partial charge >= 0.3 is 0 Å². The molecule has 0 saturated heterocycles. The van der Waals surface area contributed by atoms with Crippen LogP contribution in [0.1, 0.15) is 5.56 Å². The van der Waals surface area contributed by atoms with Gasteiger partial charge in [-0.3, -0.25) is 9.59 Å². The van der Waals surface area contributed by atoms with E-state index in [1.807, 2.05) is 48.5 Å². The zero-order valence-corrected chi connectivity index (χ0v) is 17.1. The predicted molar refractivity (Wildman–Crippen MR) is 121 cm³/mol. The van der Waals surface area contributed by atoms with E-state index in [0.717, 1.165) is 10.9 Å². The number of anilines is 1. The lowest BCUT2D eigenvalue weighted by molar-refractivity contribution is -0.120. The smallest absolute Gasteiger partial charge is 0.265 e. The number of fused-ring (bicyclic) bond motifs is 1. The number of methoxy groups -OCH3 is 1. The molecule has 0 fully saturated rings. The van der Waals surface area contributed by atoms with Gasteiger partial charge in [0.25, 0.3) is 11.5 Å². The molecule has 0 atom stereocenters. The number of benzene rings is 3. The van der Waals surface area contributed by atoms with E-state index in [1.54, 1.807) is 48.4 Å². The molecule has 0 unspecified atom stereocenters. The second kappa shape index (κ2) is 9.17. The predicted octanol–water partition coefficient (Wildman–Crippen LogP) is 4.15. The van der Waals surface area contributed by atoms with Gasteiger partial charge in [-0.05, 0) is 53.9 Å². The first-order valence-electron chi connectivity index (χ1n) is 9.87. The SMILES string of the molecule is COc1ccc(N(Cc2cc3ccccc3[nH]c2=O)C(=O)COc2ccccc2)cc1. The number of ether oxygens (including phenoxy) is 2. The molecule has 4 aromatic rings. The molecular weight excluding hydrogens is 392 g/mol. The minimum absolute atomic E-state index is 0.115. The first-order valence-corrected chi connectivity index (χ1v) is 9.87. The largest absolute Gasteiger partial charge is 0.497 e. The number of carbonyl (C=O) groups is 1. The summed E-state index contributed by atoms with van der Waals surface area (Å²) in [5, 5.41) is 0.903. The van der Waals surface area contributed by atoms with Crippen LogP contribution in [-0.4, -0.2) is 24.6 Å². The van der Waals surface area contributed by atoms with E-state index in [0.29, 0.717) is 22.7 Å². The lowest BCUT2D eigenvalue weighted by atomic mass is 10.1. The molecule has 0 spiro atoms. The fourth-order valence-corrected chi connectivity index (χ4v) is 3.31. The third kappa shape index (κ3) is 4.75. The monoisotopic (exact) mass is 414 g/mol. The van der Waals surface area contributed by atoms with Crippen molar-refractivity contribution >= 4 is 22.5 Å². The summed E-state index contributed by atoms with van der Waals surface area (Å²) in [5.74, 6) is 1.02. The quantitative estimate of drug-likeness (QED) is 0.493. The van der Waals surface area contributed by atoms with E-state index in [1.165, 1.54) is 0 Å². The molecule has 0 aliphatic carbocycles. The molecule has 0 radical (unpaired) electrons. The summed E-state index contributed by atoms with van der Waals surface area (Å²) in [5.41, 5.74) is 1.66. The summed E-state index contributed by atoms with van der Waals surface area (Å²) < 4.78 is 10.9. The van der Waals surface area contributed by atoms with E-state index in [2.05, 4.69) is 4.98 Å². The van der Waals surface area contributed by atoms with Crippen molar-refractivity contribution in [1.82, 2.24) is 4.98 Å². The Morgan fingerprint density at radius 1 is 0.903 bits per heavy atom. The van der Waals surface area contributed by atoms with Crippen LogP contribution in [0, 0.1) is 0 Å². The van der Waals surface area contributed by atoms with Crippen LogP contribution >= 0.6 is 0 Å². The van der Waals surface area contributed by atoms with Crippen LogP contribution in [0.3, 0.4) is 0 Å². The van der Waals surface area contributed by atoms with E-state index in [4.69, 9.17) is 9.47 Å². The highest BCUT2D eigenvalue weighted by Crippen LogP contribution is 2.22. The second-order valence-corrected chi connectivity index (χ2v) is 6.99. The fraction of sp³-hybridized carbons (Fsp3) is 0.120. The van der Waals surface area contributed by atoms with Crippen molar-refractivity contribution < 1.29 is 14.3 Å². The van der Waals surface area contributed by atoms with Crippen LogP contribution in [-0.2, 0) is 11.3 Å². The molecule has 0 bridgehead atoms. The Morgan fingerprint density at radius 2 is 1.61 bits per heavy atom. The Morgan fingerprint density at radius 3 is 2.35 bits per heavy atom. The standard InChI is InChI=1S/C25H22N2O4/c1-30-21-13-11-20(12-14-21)27(24(28)17-31-22-8-3-2-4-9-22)16-19-15-18-7-5-6-10-23(18)26-25(19)29/h2-15H,16-17H2,1H3,(H,26,29). The number of para-hydroxylation sites is 2. The van der Waals surface area contributed by atoms with Crippen LogP contribution in [0.25, 0.3) is 10.9 Å². The van der Waals surface area contributed by atoms with Crippen LogP contribution < -0.4 is 19.9 Å². The number of amides is 1. The summed E-state index contributed by atoms with van der Waals surface area (Å²) >= 11 is 0. The highest BCUT2D eigenvalue weighted by atomic mass is 16.5. The molecule has 6 nitrogen and oxygen atoms in total. The Balaban J connectivity index is 1.63. The van der Waals surface area contributed by atoms with Gasteiger partial charge in [0.2, 0.25) is 0 Å². The maximum atomic E-state index is 13.1. The average Bonchev–Trinajstić information content (AvgIpc) is 2.82. The molecule has 1 heterocycles. The number of H-pyrrole nitrogens is 1. The molecule has 6 heteroatoms. The van der Waals surface area contributed by atoms with Crippen molar-refractivity contribution in [3.63, 3.8) is 0 Å². The van der Waals surface area contributed by atoms with E-state index in [9.17, 15) is 9.59 Å². The third-order valence-corrected chi connectivity index (χ3v) is 4.95.